The van der Waals surface area contributed by atoms with Crippen LogP contribution in [-0.2, 0) is 13.2 Å². The van der Waals surface area contributed by atoms with Crippen LogP contribution < -0.4 is 14.8 Å². The Morgan fingerprint density at radius 1 is 0.714 bits per heavy atom. The first kappa shape index (κ1) is 26.8. The number of rotatable bonds is 9. The van der Waals surface area contributed by atoms with Gasteiger partial charge in [0.2, 0.25) is 0 Å². The second-order valence-electron chi connectivity index (χ2n) is 8.43. The van der Waals surface area contributed by atoms with Crippen molar-refractivity contribution in [1.82, 2.24) is 0 Å². The van der Waals surface area contributed by atoms with Gasteiger partial charge in [-0.25, -0.2) is 0 Å². The van der Waals surface area contributed by atoms with Gasteiger partial charge in [0.15, 0.2) is 5.52 Å². The van der Waals surface area contributed by atoms with Crippen LogP contribution in [-0.4, -0.2) is 24.4 Å². The Morgan fingerprint density at radius 3 is 1.83 bits per heavy atom. The molecule has 1 unspecified atom stereocenters. The van der Waals surface area contributed by atoms with Crippen LogP contribution in [0.4, 0.5) is 0 Å². The number of carbonyl (C=O) groups is 1. The van der Waals surface area contributed by atoms with Crippen molar-refractivity contribution in [1.29, 1.82) is 0 Å². The summed E-state index contributed by atoms with van der Waals surface area (Å²) in [6, 6.07) is 30.0. The summed E-state index contributed by atoms with van der Waals surface area (Å²) in [5.41, 5.74) is 6.31. The Bertz CT molecular complexity index is 1250. The molecule has 0 saturated heterocycles. The van der Waals surface area contributed by atoms with Gasteiger partial charge >= 0.3 is 18.9 Å². The van der Waals surface area contributed by atoms with Gasteiger partial charge in [-0.05, 0) is 63.7 Å². The first-order chi connectivity index (χ1) is 16.5. The molecule has 0 aliphatic carbocycles. The predicted molar refractivity (Wildman–Crippen MR) is 148 cm³/mol. The summed E-state index contributed by atoms with van der Waals surface area (Å²) in [7, 11) is -0.0366. The van der Waals surface area contributed by atoms with E-state index in [0.717, 1.165) is 38.9 Å². The van der Waals surface area contributed by atoms with E-state index >= 15 is 0 Å². The van der Waals surface area contributed by atoms with Crippen molar-refractivity contribution in [2.45, 2.75) is 34.0 Å². The van der Waals surface area contributed by atoms with Crippen molar-refractivity contribution in [3.05, 3.63) is 124 Å². The first-order valence-corrected chi connectivity index (χ1v) is 12.4. The van der Waals surface area contributed by atoms with Crippen LogP contribution in [0.3, 0.4) is 0 Å². The molecule has 0 bridgehead atoms. The minimum atomic E-state index is -0.0366. The van der Waals surface area contributed by atoms with Gasteiger partial charge in [-0.1, -0.05) is 78.4 Å². The molecule has 0 radical (unpaired) electrons. The standard InChI is InChI=1S/C30H29O3P.Li.H/c1-21-16-22(2)29(23(3)17-21)30(31)34-28-15-14-26(32-19-24-10-6-4-7-11-24)18-27(28)33-20-25-12-8-5-9-13-25;;/h4-18,34H,19-20H2,1-3H3;;. The van der Waals surface area contributed by atoms with Crippen molar-refractivity contribution < 1.29 is 14.3 Å². The third-order valence-corrected chi connectivity index (χ3v) is 6.75. The maximum atomic E-state index is 13.3. The number of aryl methyl sites for hydroxylation is 3. The van der Waals surface area contributed by atoms with Gasteiger partial charge in [-0.3, -0.25) is 4.79 Å². The molecule has 0 spiro atoms. The SMILES string of the molecule is Cc1cc(C)c(C(=O)Pc2ccc(OCc3ccccc3)cc2OCc2ccccc2)c(C)c1.[LiH]. The summed E-state index contributed by atoms with van der Waals surface area (Å²) in [6.45, 7) is 6.97. The molecule has 4 rings (SSSR count). The zero-order chi connectivity index (χ0) is 23.9. The van der Waals surface area contributed by atoms with E-state index in [1.807, 2.05) is 92.7 Å². The van der Waals surface area contributed by atoms with Crippen LogP contribution in [0.15, 0.2) is 91.0 Å². The molecule has 3 nitrogen and oxygen atoms in total. The van der Waals surface area contributed by atoms with E-state index in [9.17, 15) is 4.79 Å². The number of carbonyl (C=O) groups excluding carboxylic acids is 1. The van der Waals surface area contributed by atoms with Gasteiger partial charge < -0.3 is 9.47 Å². The summed E-state index contributed by atoms with van der Waals surface area (Å²) < 4.78 is 12.2. The Hall–Kier alpha value is -2.82. The van der Waals surface area contributed by atoms with Crippen LogP contribution in [0.5, 0.6) is 11.5 Å². The Kier molecular flexibility index (Phi) is 9.76. The van der Waals surface area contributed by atoms with Gasteiger partial charge in [-0.2, -0.15) is 0 Å². The fourth-order valence-corrected chi connectivity index (χ4v) is 5.21. The molecule has 35 heavy (non-hydrogen) atoms. The van der Waals surface area contributed by atoms with Gasteiger partial charge in [-0.15, -0.1) is 0 Å². The molecule has 0 amide bonds. The van der Waals surface area contributed by atoms with E-state index in [0.29, 0.717) is 19.0 Å². The topological polar surface area (TPSA) is 35.5 Å². The van der Waals surface area contributed by atoms with Crippen molar-refractivity contribution in [2.75, 3.05) is 0 Å². The monoisotopic (exact) mass is 476 g/mol. The third-order valence-electron chi connectivity index (χ3n) is 5.59. The molecule has 5 heteroatoms. The Labute approximate surface area is 221 Å². The van der Waals surface area contributed by atoms with E-state index in [-0.39, 0.29) is 33.0 Å². The molecule has 1 atom stereocenters. The molecule has 0 fully saturated rings. The zero-order valence-corrected chi connectivity index (χ0v) is 20.8. The molecular weight excluding hydrogens is 446 g/mol. The third kappa shape index (κ3) is 7.33. The summed E-state index contributed by atoms with van der Waals surface area (Å²) in [4.78, 5) is 13.3. The van der Waals surface area contributed by atoms with Crippen molar-refractivity contribution in [3.63, 3.8) is 0 Å². The van der Waals surface area contributed by atoms with E-state index in [2.05, 4.69) is 19.1 Å². The number of hydrogen-bond donors (Lipinski definition) is 0. The second kappa shape index (κ2) is 12.8. The number of ether oxygens (including phenoxy) is 2. The van der Waals surface area contributed by atoms with Crippen molar-refractivity contribution in [2.24, 2.45) is 0 Å². The van der Waals surface area contributed by atoms with E-state index in [4.69, 9.17) is 9.47 Å². The zero-order valence-electron chi connectivity index (χ0n) is 19.8. The fourth-order valence-electron chi connectivity index (χ4n) is 4.01. The second-order valence-corrected chi connectivity index (χ2v) is 9.68. The minimum absolute atomic E-state index is 0. The molecular formula is C30H30LiO3P. The Morgan fingerprint density at radius 2 is 1.26 bits per heavy atom. The van der Waals surface area contributed by atoms with E-state index in [1.54, 1.807) is 0 Å². The molecule has 0 saturated carbocycles. The van der Waals surface area contributed by atoms with Crippen LogP contribution >= 0.6 is 8.58 Å². The van der Waals surface area contributed by atoms with Gasteiger partial charge in [0, 0.05) is 16.9 Å². The number of benzene rings is 4. The van der Waals surface area contributed by atoms with Crippen LogP contribution in [0.2, 0.25) is 0 Å². The molecule has 0 aromatic heterocycles. The Balaban J connectivity index is 0.00000342. The van der Waals surface area contributed by atoms with Crippen LogP contribution in [0.1, 0.15) is 38.2 Å². The summed E-state index contributed by atoms with van der Waals surface area (Å²) in [5, 5.41) is 0.882. The van der Waals surface area contributed by atoms with Gasteiger partial charge in [0.1, 0.15) is 24.7 Å². The summed E-state index contributed by atoms with van der Waals surface area (Å²) in [5.74, 6) is 1.40. The molecule has 0 heterocycles. The molecule has 4 aromatic carbocycles. The molecule has 0 aliphatic rings. The van der Waals surface area contributed by atoms with E-state index in [1.165, 1.54) is 5.56 Å². The van der Waals surface area contributed by atoms with Gasteiger partial charge in [0.05, 0.1) is 0 Å². The summed E-state index contributed by atoms with van der Waals surface area (Å²) in [6.07, 6.45) is 0. The van der Waals surface area contributed by atoms with Crippen molar-refractivity contribution >= 4 is 38.3 Å². The average molecular weight is 476 g/mol. The van der Waals surface area contributed by atoms with Crippen LogP contribution in [0.25, 0.3) is 0 Å². The quantitative estimate of drug-likeness (QED) is 0.211. The predicted octanol–water partition coefficient (Wildman–Crippen LogP) is 6.27. The van der Waals surface area contributed by atoms with Gasteiger partial charge in [0.25, 0.3) is 0 Å². The number of hydrogen-bond acceptors (Lipinski definition) is 3. The molecule has 0 N–H and O–H groups in total. The maximum absolute atomic E-state index is 13.3. The average Bonchev–Trinajstić information content (AvgIpc) is 2.83. The summed E-state index contributed by atoms with van der Waals surface area (Å²) >= 11 is 0. The molecule has 174 valence electrons. The van der Waals surface area contributed by atoms with Crippen molar-refractivity contribution in [3.8, 4) is 11.5 Å². The first-order valence-electron chi connectivity index (χ1n) is 11.4. The van der Waals surface area contributed by atoms with E-state index < -0.39 is 0 Å². The normalized spacial score (nSPS) is 10.7. The molecule has 4 aromatic rings. The molecule has 0 aliphatic heterocycles. The fraction of sp³-hybridized carbons (Fsp3) is 0.167. The van der Waals surface area contributed by atoms with Crippen LogP contribution in [0, 0.1) is 20.8 Å².